The van der Waals surface area contributed by atoms with Crippen LogP contribution >= 0.6 is 0 Å². The second-order valence-corrected chi connectivity index (χ2v) is 4.25. The van der Waals surface area contributed by atoms with Crippen LogP contribution in [0.2, 0.25) is 0 Å². The Labute approximate surface area is 107 Å². The maximum atomic E-state index is 5.93. The topological polar surface area (TPSA) is 49.4 Å². The van der Waals surface area contributed by atoms with E-state index in [0.29, 0.717) is 13.2 Å². The Bertz CT molecular complexity index is 493. The number of hydrogen-bond donors (Lipinski definition) is 1. The Morgan fingerprint density at radius 2 is 2.06 bits per heavy atom. The van der Waals surface area contributed by atoms with Crippen LogP contribution in [0.3, 0.4) is 0 Å². The van der Waals surface area contributed by atoms with E-state index in [9.17, 15) is 0 Å². The molecule has 18 heavy (non-hydrogen) atoms. The number of aromatic nitrogens is 1. The molecule has 4 heteroatoms. The highest BCUT2D eigenvalue weighted by Gasteiger charge is 2.02. The Morgan fingerprint density at radius 3 is 2.89 bits per heavy atom. The summed E-state index contributed by atoms with van der Waals surface area (Å²) in [5.74, 6) is 0. The molecule has 0 aliphatic carbocycles. The van der Waals surface area contributed by atoms with Gasteiger partial charge in [0, 0.05) is 37.5 Å². The van der Waals surface area contributed by atoms with Crippen LogP contribution in [0.5, 0.6) is 0 Å². The van der Waals surface area contributed by atoms with Crippen molar-refractivity contribution in [3.63, 3.8) is 0 Å². The van der Waals surface area contributed by atoms with Crippen LogP contribution in [0.15, 0.2) is 30.5 Å². The molecular weight excluding hydrogens is 228 g/mol. The summed E-state index contributed by atoms with van der Waals surface area (Å²) in [6.07, 6.45) is 3.07. The van der Waals surface area contributed by atoms with Crippen molar-refractivity contribution in [2.24, 2.45) is 0 Å². The number of aryl methyl sites for hydroxylation is 1. The minimum atomic E-state index is 0.656. The second-order valence-electron chi connectivity index (χ2n) is 4.25. The van der Waals surface area contributed by atoms with Gasteiger partial charge in [0.15, 0.2) is 0 Å². The first-order valence-electron chi connectivity index (χ1n) is 6.23. The minimum absolute atomic E-state index is 0.656. The molecule has 0 radical (unpaired) electrons. The zero-order valence-electron chi connectivity index (χ0n) is 10.8. The van der Waals surface area contributed by atoms with Gasteiger partial charge in [-0.05, 0) is 24.6 Å². The van der Waals surface area contributed by atoms with Crippen molar-refractivity contribution in [3.05, 3.63) is 30.5 Å². The van der Waals surface area contributed by atoms with Crippen LogP contribution in [0, 0.1) is 0 Å². The Morgan fingerprint density at radius 1 is 1.17 bits per heavy atom. The lowest BCUT2D eigenvalue weighted by atomic mass is 10.2. The fourth-order valence-electron chi connectivity index (χ4n) is 2.02. The summed E-state index contributed by atoms with van der Waals surface area (Å²) in [4.78, 5) is 0. The van der Waals surface area contributed by atoms with Crippen molar-refractivity contribution < 1.29 is 9.47 Å². The standard InChI is InChI=1S/C14H20N2O2/c1-17-10-11-18-9-3-7-16-8-6-12-13(15)4-2-5-14(12)16/h2,4-6,8H,3,7,9-11,15H2,1H3. The molecular formula is C14H20N2O2. The monoisotopic (exact) mass is 248 g/mol. The van der Waals surface area contributed by atoms with Crippen molar-refractivity contribution in [3.8, 4) is 0 Å². The molecule has 1 aromatic heterocycles. The number of methoxy groups -OCH3 is 1. The first-order chi connectivity index (χ1) is 8.83. The number of fused-ring (bicyclic) bond motifs is 1. The van der Waals surface area contributed by atoms with E-state index in [1.54, 1.807) is 7.11 Å². The third-order valence-corrected chi connectivity index (χ3v) is 2.97. The third kappa shape index (κ3) is 3.03. The van der Waals surface area contributed by atoms with Gasteiger partial charge in [-0.25, -0.2) is 0 Å². The fourth-order valence-corrected chi connectivity index (χ4v) is 2.02. The number of nitrogen functional groups attached to an aromatic ring is 1. The highest BCUT2D eigenvalue weighted by atomic mass is 16.5. The van der Waals surface area contributed by atoms with Gasteiger partial charge >= 0.3 is 0 Å². The molecule has 0 saturated heterocycles. The Kier molecular flexibility index (Phi) is 4.61. The zero-order chi connectivity index (χ0) is 12.8. The summed E-state index contributed by atoms with van der Waals surface area (Å²) in [6.45, 7) is 3.02. The summed E-state index contributed by atoms with van der Waals surface area (Å²) >= 11 is 0. The number of benzene rings is 1. The molecule has 0 bridgehead atoms. The molecule has 0 aliphatic rings. The summed E-state index contributed by atoms with van der Waals surface area (Å²) in [5.41, 5.74) is 7.95. The Balaban J connectivity index is 1.86. The predicted octanol–water partition coefficient (Wildman–Crippen LogP) is 2.28. The zero-order valence-corrected chi connectivity index (χ0v) is 10.8. The van der Waals surface area contributed by atoms with Gasteiger partial charge in [0.1, 0.15) is 0 Å². The van der Waals surface area contributed by atoms with E-state index in [4.69, 9.17) is 15.2 Å². The highest BCUT2D eigenvalue weighted by Crippen LogP contribution is 2.21. The average Bonchev–Trinajstić information content (AvgIpc) is 2.79. The molecule has 1 aromatic carbocycles. The van der Waals surface area contributed by atoms with E-state index < -0.39 is 0 Å². The summed E-state index contributed by atoms with van der Waals surface area (Å²) < 4.78 is 12.6. The van der Waals surface area contributed by atoms with E-state index in [-0.39, 0.29) is 0 Å². The first kappa shape index (κ1) is 12.9. The van der Waals surface area contributed by atoms with Crippen LogP contribution in [0.4, 0.5) is 5.69 Å². The average molecular weight is 248 g/mol. The van der Waals surface area contributed by atoms with Crippen LogP contribution in [0.1, 0.15) is 6.42 Å². The summed E-state index contributed by atoms with van der Waals surface area (Å²) in [7, 11) is 1.68. The molecule has 0 atom stereocenters. The molecule has 0 aliphatic heterocycles. The molecule has 2 rings (SSSR count). The SMILES string of the molecule is COCCOCCCn1ccc2c(N)cccc21. The van der Waals surface area contributed by atoms with Gasteiger partial charge in [-0.3, -0.25) is 0 Å². The number of anilines is 1. The second kappa shape index (κ2) is 6.42. The van der Waals surface area contributed by atoms with Gasteiger partial charge in [0.2, 0.25) is 0 Å². The maximum Gasteiger partial charge on any atom is 0.0700 e. The predicted molar refractivity (Wildman–Crippen MR) is 73.7 cm³/mol. The number of hydrogen-bond acceptors (Lipinski definition) is 3. The number of nitrogens with two attached hydrogens (primary N) is 1. The van der Waals surface area contributed by atoms with Crippen LogP contribution < -0.4 is 5.73 Å². The van der Waals surface area contributed by atoms with Gasteiger partial charge in [0.25, 0.3) is 0 Å². The van der Waals surface area contributed by atoms with Crippen LogP contribution in [-0.4, -0.2) is 31.5 Å². The Hall–Kier alpha value is -1.52. The lowest BCUT2D eigenvalue weighted by molar-refractivity contribution is 0.0681. The smallest absolute Gasteiger partial charge is 0.0700 e. The van der Waals surface area contributed by atoms with Gasteiger partial charge in [-0.15, -0.1) is 0 Å². The van der Waals surface area contributed by atoms with E-state index in [0.717, 1.165) is 30.6 Å². The third-order valence-electron chi connectivity index (χ3n) is 2.97. The normalized spacial score (nSPS) is 11.2. The molecule has 0 saturated carbocycles. The van der Waals surface area contributed by atoms with Gasteiger partial charge in [0.05, 0.1) is 18.7 Å². The van der Waals surface area contributed by atoms with E-state index in [2.05, 4.69) is 22.9 Å². The van der Waals surface area contributed by atoms with Crippen molar-refractivity contribution in [1.29, 1.82) is 0 Å². The molecule has 2 N–H and O–H groups in total. The largest absolute Gasteiger partial charge is 0.398 e. The van der Waals surface area contributed by atoms with Crippen molar-refractivity contribution in [2.75, 3.05) is 32.7 Å². The van der Waals surface area contributed by atoms with E-state index >= 15 is 0 Å². The van der Waals surface area contributed by atoms with Gasteiger partial charge in [-0.2, -0.15) is 0 Å². The molecule has 1 heterocycles. The van der Waals surface area contributed by atoms with E-state index in [1.165, 1.54) is 5.52 Å². The lowest BCUT2D eigenvalue weighted by Crippen LogP contribution is -2.05. The molecule has 0 spiro atoms. The first-order valence-corrected chi connectivity index (χ1v) is 6.23. The van der Waals surface area contributed by atoms with Crippen molar-refractivity contribution in [1.82, 2.24) is 4.57 Å². The van der Waals surface area contributed by atoms with Crippen molar-refractivity contribution in [2.45, 2.75) is 13.0 Å². The fraction of sp³-hybridized carbons (Fsp3) is 0.429. The quantitative estimate of drug-likeness (QED) is 0.604. The molecule has 0 amide bonds. The lowest BCUT2D eigenvalue weighted by Gasteiger charge is -2.07. The van der Waals surface area contributed by atoms with Gasteiger partial charge in [-0.1, -0.05) is 6.07 Å². The summed E-state index contributed by atoms with van der Waals surface area (Å²) in [5, 5.41) is 1.12. The van der Waals surface area contributed by atoms with Crippen LogP contribution in [0.25, 0.3) is 10.9 Å². The molecule has 98 valence electrons. The molecule has 2 aromatic rings. The number of nitrogens with zero attached hydrogens (tertiary/aromatic N) is 1. The number of rotatable bonds is 7. The van der Waals surface area contributed by atoms with Crippen LogP contribution in [-0.2, 0) is 16.0 Å². The molecule has 4 nitrogen and oxygen atoms in total. The maximum absolute atomic E-state index is 5.93. The minimum Gasteiger partial charge on any atom is -0.398 e. The highest BCUT2D eigenvalue weighted by molar-refractivity contribution is 5.91. The van der Waals surface area contributed by atoms with Crippen molar-refractivity contribution >= 4 is 16.6 Å². The van der Waals surface area contributed by atoms with Gasteiger partial charge < -0.3 is 19.8 Å². The van der Waals surface area contributed by atoms with E-state index in [1.807, 2.05) is 12.1 Å². The number of ether oxygens (including phenoxy) is 2. The molecule has 0 unspecified atom stereocenters. The summed E-state index contributed by atoms with van der Waals surface area (Å²) in [6, 6.07) is 8.08. The molecule has 0 fully saturated rings.